The third-order valence-electron chi connectivity index (χ3n) is 3.23. The number of thiophene rings is 1. The molecule has 1 aromatic heterocycles. The summed E-state index contributed by atoms with van der Waals surface area (Å²) in [6, 6.07) is 1.61. The van der Waals surface area contributed by atoms with Gasteiger partial charge < -0.3 is 21.7 Å². The van der Waals surface area contributed by atoms with E-state index < -0.39 is 5.91 Å². The molecule has 5 N–H and O–H groups in total. The summed E-state index contributed by atoms with van der Waals surface area (Å²) in [6.45, 7) is 4.11. The Labute approximate surface area is 115 Å². The highest BCUT2D eigenvalue weighted by Crippen LogP contribution is 2.22. The highest BCUT2D eigenvalue weighted by molar-refractivity contribution is 7.14. The first kappa shape index (κ1) is 14.0. The predicted molar refractivity (Wildman–Crippen MR) is 75.4 cm³/mol. The number of hydrogen-bond donors (Lipinski definition) is 4. The Morgan fingerprint density at radius 2 is 2.37 bits per heavy atom. The molecule has 0 bridgehead atoms. The lowest BCUT2D eigenvalue weighted by Crippen LogP contribution is -2.47. The van der Waals surface area contributed by atoms with Gasteiger partial charge in [-0.2, -0.15) is 0 Å². The molecule has 7 heteroatoms. The number of hydrogen-bond acceptors (Lipinski definition) is 5. The number of carbonyl (C=O) groups is 2. The minimum absolute atomic E-state index is 0.0424. The molecule has 2 rings (SSSR count). The Morgan fingerprint density at radius 3 is 3.00 bits per heavy atom. The maximum Gasteiger partial charge on any atom is 0.251 e. The molecule has 1 unspecified atom stereocenters. The van der Waals surface area contributed by atoms with Gasteiger partial charge in [0.1, 0.15) is 5.00 Å². The quantitative estimate of drug-likeness (QED) is 0.617. The number of nitrogens with two attached hydrogens (primary N) is 1. The summed E-state index contributed by atoms with van der Waals surface area (Å²) in [6.07, 6.45) is 0.992. The molecular formula is C12H18N4O2S. The van der Waals surface area contributed by atoms with Crippen molar-refractivity contribution in [3.8, 4) is 0 Å². The van der Waals surface area contributed by atoms with Crippen molar-refractivity contribution in [3.63, 3.8) is 0 Å². The first-order valence-electron chi connectivity index (χ1n) is 6.13. The summed E-state index contributed by atoms with van der Waals surface area (Å²) < 4.78 is 0. The van der Waals surface area contributed by atoms with Crippen LogP contribution in [-0.2, 0) is 4.79 Å². The van der Waals surface area contributed by atoms with E-state index in [9.17, 15) is 9.59 Å². The van der Waals surface area contributed by atoms with E-state index in [2.05, 4.69) is 22.9 Å². The average molecular weight is 282 g/mol. The second-order valence-corrected chi connectivity index (χ2v) is 5.83. The second-order valence-electron chi connectivity index (χ2n) is 4.92. The Kier molecular flexibility index (Phi) is 4.18. The Hall–Kier alpha value is -1.44. The molecular weight excluding hydrogens is 264 g/mol. The van der Waals surface area contributed by atoms with Crippen LogP contribution in [-0.4, -0.2) is 37.0 Å². The van der Waals surface area contributed by atoms with E-state index in [-0.39, 0.29) is 18.0 Å². The van der Waals surface area contributed by atoms with Gasteiger partial charge in [0.25, 0.3) is 5.91 Å². The van der Waals surface area contributed by atoms with Gasteiger partial charge in [0.2, 0.25) is 5.91 Å². The van der Waals surface area contributed by atoms with E-state index in [4.69, 9.17) is 5.73 Å². The first-order chi connectivity index (χ1) is 9.00. The van der Waals surface area contributed by atoms with Crippen molar-refractivity contribution < 1.29 is 9.59 Å². The van der Waals surface area contributed by atoms with Gasteiger partial charge in [-0.05, 0) is 31.3 Å². The van der Waals surface area contributed by atoms with Crippen molar-refractivity contribution in [3.05, 3.63) is 17.0 Å². The molecule has 1 fully saturated rings. The van der Waals surface area contributed by atoms with Crippen molar-refractivity contribution in [1.82, 2.24) is 10.6 Å². The summed E-state index contributed by atoms with van der Waals surface area (Å²) in [5, 5.41) is 11.4. The summed E-state index contributed by atoms with van der Waals surface area (Å²) in [7, 11) is 0. The predicted octanol–water partition coefficient (Wildman–Crippen LogP) is 0.127. The second kappa shape index (κ2) is 5.68. The lowest BCUT2D eigenvalue weighted by Gasteiger charge is -2.24. The molecule has 0 radical (unpaired) electrons. The van der Waals surface area contributed by atoms with Crippen LogP contribution in [0.4, 0.5) is 5.00 Å². The van der Waals surface area contributed by atoms with Gasteiger partial charge in [-0.1, -0.05) is 0 Å². The number of amides is 2. The van der Waals surface area contributed by atoms with Crippen molar-refractivity contribution in [2.75, 3.05) is 25.0 Å². The molecule has 2 amide bonds. The highest BCUT2D eigenvalue weighted by Gasteiger charge is 2.28. The van der Waals surface area contributed by atoms with Crippen LogP contribution in [0.15, 0.2) is 11.4 Å². The van der Waals surface area contributed by atoms with Crippen LogP contribution in [0.25, 0.3) is 0 Å². The third-order valence-corrected chi connectivity index (χ3v) is 4.06. The molecule has 2 heterocycles. The Morgan fingerprint density at radius 1 is 1.58 bits per heavy atom. The van der Waals surface area contributed by atoms with Gasteiger partial charge in [-0.25, -0.2) is 0 Å². The zero-order chi connectivity index (χ0) is 13.9. The van der Waals surface area contributed by atoms with Crippen molar-refractivity contribution >= 4 is 28.2 Å². The standard InChI is InChI=1S/C12H18N4O2S/c1-12(3-4-14-7-12)15-6-9(17)16-11-8(10(13)18)2-5-19-11/h2,5,14-15H,3-4,6-7H2,1H3,(H2,13,18)(H,16,17). The van der Waals surface area contributed by atoms with Gasteiger partial charge in [0.05, 0.1) is 12.1 Å². The van der Waals surface area contributed by atoms with E-state index in [1.54, 1.807) is 11.4 Å². The van der Waals surface area contributed by atoms with Crippen LogP contribution < -0.4 is 21.7 Å². The lowest BCUT2D eigenvalue weighted by atomic mass is 10.0. The monoisotopic (exact) mass is 282 g/mol. The summed E-state index contributed by atoms with van der Waals surface area (Å²) in [5.74, 6) is -0.700. The zero-order valence-electron chi connectivity index (χ0n) is 10.8. The van der Waals surface area contributed by atoms with Crippen LogP contribution in [0.1, 0.15) is 23.7 Å². The van der Waals surface area contributed by atoms with E-state index in [0.29, 0.717) is 10.6 Å². The van der Waals surface area contributed by atoms with Gasteiger partial charge in [-0.3, -0.25) is 9.59 Å². The Bertz CT molecular complexity index is 480. The molecule has 0 aromatic carbocycles. The number of anilines is 1. The maximum atomic E-state index is 11.8. The van der Waals surface area contributed by atoms with E-state index in [1.165, 1.54) is 11.3 Å². The zero-order valence-corrected chi connectivity index (χ0v) is 11.6. The molecule has 1 aliphatic heterocycles. The normalized spacial score (nSPS) is 22.4. The number of nitrogens with one attached hydrogen (secondary N) is 3. The van der Waals surface area contributed by atoms with Gasteiger partial charge in [0, 0.05) is 12.1 Å². The van der Waals surface area contributed by atoms with Crippen LogP contribution in [0.3, 0.4) is 0 Å². The van der Waals surface area contributed by atoms with Crippen molar-refractivity contribution in [1.29, 1.82) is 0 Å². The highest BCUT2D eigenvalue weighted by atomic mass is 32.1. The molecule has 1 saturated heterocycles. The van der Waals surface area contributed by atoms with Crippen LogP contribution in [0.5, 0.6) is 0 Å². The lowest BCUT2D eigenvalue weighted by molar-refractivity contribution is -0.115. The van der Waals surface area contributed by atoms with Gasteiger partial charge in [-0.15, -0.1) is 11.3 Å². The van der Waals surface area contributed by atoms with Gasteiger partial charge >= 0.3 is 0 Å². The average Bonchev–Trinajstić information content (AvgIpc) is 2.96. The molecule has 6 nitrogen and oxygen atoms in total. The van der Waals surface area contributed by atoms with Crippen LogP contribution in [0.2, 0.25) is 0 Å². The van der Waals surface area contributed by atoms with Crippen LogP contribution in [0, 0.1) is 0 Å². The minimum atomic E-state index is -0.531. The third kappa shape index (κ3) is 3.52. The minimum Gasteiger partial charge on any atom is -0.366 e. The molecule has 0 aliphatic carbocycles. The van der Waals surface area contributed by atoms with E-state index in [1.807, 2.05) is 0 Å². The molecule has 0 saturated carbocycles. The molecule has 104 valence electrons. The molecule has 1 atom stereocenters. The summed E-state index contributed by atoms with van der Waals surface area (Å²) >= 11 is 1.29. The largest absolute Gasteiger partial charge is 0.366 e. The smallest absolute Gasteiger partial charge is 0.251 e. The molecule has 19 heavy (non-hydrogen) atoms. The number of rotatable bonds is 5. The number of primary amides is 1. The summed E-state index contributed by atoms with van der Waals surface area (Å²) in [4.78, 5) is 23.0. The van der Waals surface area contributed by atoms with Crippen molar-refractivity contribution in [2.24, 2.45) is 5.73 Å². The Balaban J connectivity index is 1.87. The topological polar surface area (TPSA) is 96.2 Å². The fourth-order valence-corrected chi connectivity index (χ4v) is 2.84. The van der Waals surface area contributed by atoms with Crippen LogP contribution >= 0.6 is 11.3 Å². The van der Waals surface area contributed by atoms with Gasteiger partial charge in [0.15, 0.2) is 0 Å². The van der Waals surface area contributed by atoms with Crippen molar-refractivity contribution in [2.45, 2.75) is 18.9 Å². The maximum absolute atomic E-state index is 11.8. The fourth-order valence-electron chi connectivity index (χ4n) is 2.03. The molecule has 0 spiro atoms. The molecule has 1 aliphatic rings. The SMILES string of the molecule is CC1(NCC(=O)Nc2sccc2C(N)=O)CCNC1. The van der Waals surface area contributed by atoms with E-state index >= 15 is 0 Å². The first-order valence-corrected chi connectivity index (χ1v) is 7.01. The molecule has 1 aromatic rings. The summed E-state index contributed by atoms with van der Waals surface area (Å²) in [5.41, 5.74) is 5.53. The fraction of sp³-hybridized carbons (Fsp3) is 0.500. The van der Waals surface area contributed by atoms with E-state index in [0.717, 1.165) is 19.5 Å². The number of carbonyl (C=O) groups excluding carboxylic acids is 2.